The van der Waals surface area contributed by atoms with Crippen molar-refractivity contribution in [2.24, 2.45) is 5.73 Å². The van der Waals surface area contributed by atoms with E-state index in [4.69, 9.17) is 11.5 Å². The summed E-state index contributed by atoms with van der Waals surface area (Å²) in [7, 11) is 0. The number of anilines is 1. The number of nitrogens with two attached hydrogens (primary N) is 2. The molecule has 0 atom stereocenters. The summed E-state index contributed by atoms with van der Waals surface area (Å²) in [6.45, 7) is 2.69. The Bertz CT molecular complexity index is 474. The Labute approximate surface area is 99.1 Å². The van der Waals surface area contributed by atoms with E-state index in [0.717, 1.165) is 23.2 Å². The van der Waals surface area contributed by atoms with Gasteiger partial charge in [-0.25, -0.2) is 4.98 Å². The van der Waals surface area contributed by atoms with E-state index >= 15 is 0 Å². The van der Waals surface area contributed by atoms with Gasteiger partial charge in [0.05, 0.1) is 5.69 Å². The van der Waals surface area contributed by atoms with Gasteiger partial charge in [0.2, 0.25) is 0 Å². The van der Waals surface area contributed by atoms with Crippen LogP contribution >= 0.6 is 11.3 Å². The lowest BCUT2D eigenvalue weighted by atomic mass is 10.1. The van der Waals surface area contributed by atoms with Crippen LogP contribution in [0.1, 0.15) is 17.4 Å². The summed E-state index contributed by atoms with van der Waals surface area (Å²) in [5.74, 6) is 0. The number of nitrogen functional groups attached to an aromatic ring is 1. The van der Waals surface area contributed by atoms with Gasteiger partial charge in [-0.1, -0.05) is 31.2 Å². The molecule has 0 saturated heterocycles. The van der Waals surface area contributed by atoms with Crippen molar-refractivity contribution in [1.29, 1.82) is 0 Å². The van der Waals surface area contributed by atoms with Gasteiger partial charge in [-0.15, -0.1) is 11.3 Å². The zero-order valence-electron chi connectivity index (χ0n) is 9.23. The summed E-state index contributed by atoms with van der Waals surface area (Å²) in [6.07, 6.45) is 0.961. The minimum atomic E-state index is 0.570. The van der Waals surface area contributed by atoms with E-state index in [1.807, 2.05) is 12.1 Å². The molecular formula is C12H15N3S. The van der Waals surface area contributed by atoms with Gasteiger partial charge in [0, 0.05) is 17.0 Å². The average molecular weight is 233 g/mol. The molecule has 16 heavy (non-hydrogen) atoms. The Balaban J connectivity index is 2.41. The maximum atomic E-state index is 5.74. The molecule has 84 valence electrons. The third-order valence-corrected chi connectivity index (χ3v) is 3.53. The van der Waals surface area contributed by atoms with E-state index in [2.05, 4.69) is 24.0 Å². The van der Waals surface area contributed by atoms with E-state index in [-0.39, 0.29) is 0 Å². The van der Waals surface area contributed by atoms with Gasteiger partial charge in [-0.05, 0) is 12.0 Å². The molecule has 0 radical (unpaired) electrons. The SMILES string of the molecule is CCc1sc(N)nc1-c1ccc(CN)cc1. The van der Waals surface area contributed by atoms with Gasteiger partial charge in [0.25, 0.3) is 0 Å². The summed E-state index contributed by atoms with van der Waals surface area (Å²) in [5, 5.41) is 0.634. The van der Waals surface area contributed by atoms with Crippen molar-refractivity contribution in [3.05, 3.63) is 34.7 Å². The molecular weight excluding hydrogens is 218 g/mol. The summed E-state index contributed by atoms with van der Waals surface area (Å²) in [6, 6.07) is 8.17. The number of hydrogen-bond acceptors (Lipinski definition) is 4. The molecule has 0 fully saturated rings. The van der Waals surface area contributed by atoms with Crippen LogP contribution in [0.2, 0.25) is 0 Å². The first-order valence-electron chi connectivity index (χ1n) is 5.29. The Morgan fingerprint density at radius 3 is 2.50 bits per heavy atom. The van der Waals surface area contributed by atoms with Crippen LogP contribution in [0.3, 0.4) is 0 Å². The molecule has 0 aliphatic heterocycles. The molecule has 1 aromatic carbocycles. The highest BCUT2D eigenvalue weighted by molar-refractivity contribution is 7.15. The summed E-state index contributed by atoms with van der Waals surface area (Å²) in [4.78, 5) is 5.61. The first-order valence-corrected chi connectivity index (χ1v) is 6.10. The Morgan fingerprint density at radius 1 is 1.25 bits per heavy atom. The van der Waals surface area contributed by atoms with E-state index in [1.165, 1.54) is 4.88 Å². The van der Waals surface area contributed by atoms with Crippen LogP contribution < -0.4 is 11.5 Å². The molecule has 4 N–H and O–H groups in total. The molecule has 0 amide bonds. The van der Waals surface area contributed by atoms with Gasteiger partial charge in [0.1, 0.15) is 0 Å². The van der Waals surface area contributed by atoms with Crippen molar-refractivity contribution in [1.82, 2.24) is 4.98 Å². The van der Waals surface area contributed by atoms with Gasteiger partial charge in [-0.3, -0.25) is 0 Å². The average Bonchev–Trinajstić information content (AvgIpc) is 2.70. The van der Waals surface area contributed by atoms with Crippen LogP contribution in [0.15, 0.2) is 24.3 Å². The van der Waals surface area contributed by atoms with Crippen LogP contribution in [0.5, 0.6) is 0 Å². The fraction of sp³-hybridized carbons (Fsp3) is 0.250. The van der Waals surface area contributed by atoms with Gasteiger partial charge >= 0.3 is 0 Å². The van der Waals surface area contributed by atoms with Crippen LogP contribution in [-0.4, -0.2) is 4.98 Å². The number of aromatic nitrogens is 1. The fourth-order valence-electron chi connectivity index (χ4n) is 1.63. The molecule has 3 nitrogen and oxygen atoms in total. The van der Waals surface area contributed by atoms with E-state index < -0.39 is 0 Å². The minimum absolute atomic E-state index is 0.570. The number of thiazole rings is 1. The second-order valence-corrected chi connectivity index (χ2v) is 4.69. The molecule has 0 saturated carbocycles. The lowest BCUT2D eigenvalue weighted by Crippen LogP contribution is -1.95. The number of aryl methyl sites for hydroxylation is 1. The van der Waals surface area contributed by atoms with Gasteiger partial charge < -0.3 is 11.5 Å². The van der Waals surface area contributed by atoms with Crippen LogP contribution in [-0.2, 0) is 13.0 Å². The normalized spacial score (nSPS) is 10.6. The topological polar surface area (TPSA) is 64.9 Å². The Morgan fingerprint density at radius 2 is 1.94 bits per heavy atom. The highest BCUT2D eigenvalue weighted by atomic mass is 32.1. The van der Waals surface area contributed by atoms with E-state index in [9.17, 15) is 0 Å². The zero-order valence-corrected chi connectivity index (χ0v) is 10.1. The highest BCUT2D eigenvalue weighted by Gasteiger charge is 2.09. The standard InChI is InChI=1S/C12H15N3S/c1-2-10-11(15-12(14)16-10)9-5-3-8(7-13)4-6-9/h3-6H,2,7,13H2,1H3,(H2,14,15). The van der Waals surface area contributed by atoms with Gasteiger partial charge in [-0.2, -0.15) is 0 Å². The predicted molar refractivity (Wildman–Crippen MR) is 69.2 cm³/mol. The van der Waals surface area contributed by atoms with Crippen molar-refractivity contribution in [2.45, 2.75) is 19.9 Å². The smallest absolute Gasteiger partial charge is 0.180 e. The first kappa shape index (κ1) is 11.1. The predicted octanol–water partition coefficient (Wildman–Crippen LogP) is 2.41. The number of benzene rings is 1. The van der Waals surface area contributed by atoms with E-state index in [0.29, 0.717) is 11.7 Å². The minimum Gasteiger partial charge on any atom is -0.375 e. The molecule has 1 aromatic heterocycles. The first-order chi connectivity index (χ1) is 7.74. The Kier molecular flexibility index (Phi) is 3.22. The maximum absolute atomic E-state index is 5.74. The molecule has 1 heterocycles. The van der Waals surface area contributed by atoms with Crippen molar-refractivity contribution >= 4 is 16.5 Å². The molecule has 0 spiro atoms. The number of hydrogen-bond donors (Lipinski definition) is 2. The van der Waals surface area contributed by atoms with Crippen LogP contribution in [0.25, 0.3) is 11.3 Å². The van der Waals surface area contributed by atoms with Gasteiger partial charge in [0.15, 0.2) is 5.13 Å². The lowest BCUT2D eigenvalue weighted by Gasteiger charge is -2.01. The Hall–Kier alpha value is -1.39. The number of nitrogens with zero attached hydrogens (tertiary/aromatic N) is 1. The second kappa shape index (κ2) is 4.63. The maximum Gasteiger partial charge on any atom is 0.180 e. The van der Waals surface area contributed by atoms with E-state index in [1.54, 1.807) is 11.3 Å². The lowest BCUT2D eigenvalue weighted by molar-refractivity contribution is 1.07. The largest absolute Gasteiger partial charge is 0.375 e. The number of rotatable bonds is 3. The summed E-state index contributed by atoms with van der Waals surface area (Å²) >= 11 is 1.56. The fourth-order valence-corrected chi connectivity index (χ4v) is 2.43. The second-order valence-electron chi connectivity index (χ2n) is 3.58. The highest BCUT2D eigenvalue weighted by Crippen LogP contribution is 2.29. The molecule has 4 heteroatoms. The quantitative estimate of drug-likeness (QED) is 0.855. The van der Waals surface area contributed by atoms with Crippen molar-refractivity contribution < 1.29 is 0 Å². The molecule has 0 unspecified atom stereocenters. The molecule has 0 bridgehead atoms. The summed E-state index contributed by atoms with van der Waals surface area (Å²) < 4.78 is 0. The van der Waals surface area contributed by atoms with Crippen molar-refractivity contribution in [3.8, 4) is 11.3 Å². The monoisotopic (exact) mass is 233 g/mol. The summed E-state index contributed by atoms with van der Waals surface area (Å²) in [5.41, 5.74) is 14.6. The third kappa shape index (κ3) is 2.08. The molecule has 2 aromatic rings. The molecule has 0 aliphatic carbocycles. The molecule has 0 aliphatic rings. The zero-order chi connectivity index (χ0) is 11.5. The molecule has 2 rings (SSSR count). The van der Waals surface area contributed by atoms with Crippen molar-refractivity contribution in [2.75, 3.05) is 5.73 Å². The van der Waals surface area contributed by atoms with Crippen LogP contribution in [0, 0.1) is 0 Å². The van der Waals surface area contributed by atoms with Crippen LogP contribution in [0.4, 0.5) is 5.13 Å². The van der Waals surface area contributed by atoms with Crippen molar-refractivity contribution in [3.63, 3.8) is 0 Å². The third-order valence-electron chi connectivity index (χ3n) is 2.50.